The summed E-state index contributed by atoms with van der Waals surface area (Å²) in [7, 11) is 0. The van der Waals surface area contributed by atoms with E-state index >= 15 is 0 Å². The van der Waals surface area contributed by atoms with Crippen molar-refractivity contribution >= 4 is 39.9 Å². The molecule has 6 nitrogen and oxygen atoms in total. The molecule has 31 heavy (non-hydrogen) atoms. The van der Waals surface area contributed by atoms with Crippen molar-refractivity contribution in [2.45, 2.75) is 25.3 Å². The summed E-state index contributed by atoms with van der Waals surface area (Å²) in [4.78, 5) is 26.4. The van der Waals surface area contributed by atoms with Gasteiger partial charge in [0.25, 0.3) is 5.91 Å². The van der Waals surface area contributed by atoms with Gasteiger partial charge in [0.2, 0.25) is 0 Å². The van der Waals surface area contributed by atoms with Gasteiger partial charge in [0.05, 0.1) is 16.8 Å². The quantitative estimate of drug-likeness (QED) is 0.445. The number of anilines is 2. The lowest BCUT2D eigenvalue weighted by molar-refractivity contribution is 0.0918. The Morgan fingerprint density at radius 2 is 1.90 bits per heavy atom. The number of aromatic nitrogens is 3. The Morgan fingerprint density at radius 1 is 1.03 bits per heavy atom. The summed E-state index contributed by atoms with van der Waals surface area (Å²) in [5.74, 6) is 1.04. The molecule has 2 heterocycles. The van der Waals surface area contributed by atoms with Crippen molar-refractivity contribution in [3.63, 3.8) is 0 Å². The molecule has 154 valence electrons. The molecule has 0 unspecified atom stereocenters. The van der Waals surface area contributed by atoms with E-state index in [1.165, 1.54) is 0 Å². The van der Waals surface area contributed by atoms with Crippen LogP contribution < -0.4 is 10.6 Å². The van der Waals surface area contributed by atoms with Gasteiger partial charge in [-0.3, -0.25) is 9.78 Å². The predicted molar refractivity (Wildman–Crippen MR) is 123 cm³/mol. The highest BCUT2D eigenvalue weighted by Gasteiger charge is 2.22. The average Bonchev–Trinajstić information content (AvgIpc) is 2.77. The van der Waals surface area contributed by atoms with Crippen molar-refractivity contribution in [1.82, 2.24) is 20.3 Å². The summed E-state index contributed by atoms with van der Waals surface area (Å²) in [6, 6.07) is 16.9. The number of pyridine rings is 1. The number of halogens is 1. The van der Waals surface area contributed by atoms with Crippen LogP contribution in [0.3, 0.4) is 0 Å². The molecule has 2 aromatic carbocycles. The smallest absolute Gasteiger partial charge is 0.253 e. The molecule has 5 rings (SSSR count). The number of carbonyl (C=O) groups is 1. The third-order valence-electron chi connectivity index (χ3n) is 5.44. The van der Waals surface area contributed by atoms with Gasteiger partial charge in [0.1, 0.15) is 5.82 Å². The predicted octanol–water partition coefficient (Wildman–Crippen LogP) is 5.37. The highest BCUT2D eigenvalue weighted by atomic mass is 35.5. The maximum absolute atomic E-state index is 12.9. The van der Waals surface area contributed by atoms with Crippen molar-refractivity contribution < 1.29 is 4.79 Å². The van der Waals surface area contributed by atoms with Gasteiger partial charge in [-0.15, -0.1) is 0 Å². The first-order chi connectivity index (χ1) is 15.2. The zero-order valence-electron chi connectivity index (χ0n) is 16.7. The number of nitrogens with one attached hydrogen (secondary N) is 2. The summed E-state index contributed by atoms with van der Waals surface area (Å²) < 4.78 is 0. The van der Waals surface area contributed by atoms with Crippen LogP contribution in [0.2, 0.25) is 5.02 Å². The summed E-state index contributed by atoms with van der Waals surface area (Å²) in [5, 5.41) is 7.81. The number of amides is 1. The first-order valence-corrected chi connectivity index (χ1v) is 10.6. The lowest BCUT2D eigenvalue weighted by Gasteiger charge is -2.26. The molecule has 7 heteroatoms. The molecular weight excluding hydrogens is 410 g/mol. The van der Waals surface area contributed by atoms with E-state index in [0.717, 1.165) is 35.7 Å². The van der Waals surface area contributed by atoms with E-state index in [1.54, 1.807) is 18.5 Å². The molecule has 4 aromatic rings. The molecule has 2 N–H and O–H groups in total. The molecule has 1 amide bonds. The van der Waals surface area contributed by atoms with Gasteiger partial charge in [-0.25, -0.2) is 9.97 Å². The zero-order chi connectivity index (χ0) is 21.2. The summed E-state index contributed by atoms with van der Waals surface area (Å²) in [6.07, 6.45) is 6.66. The van der Waals surface area contributed by atoms with Crippen LogP contribution in [0, 0.1) is 0 Å². The lowest BCUT2D eigenvalue weighted by Crippen LogP contribution is -2.39. The maximum atomic E-state index is 12.9. The third kappa shape index (κ3) is 4.07. The number of nitrogens with zero attached hydrogens (tertiary/aromatic N) is 3. The first kappa shape index (κ1) is 19.5. The fourth-order valence-corrected chi connectivity index (χ4v) is 3.73. The monoisotopic (exact) mass is 429 g/mol. The van der Waals surface area contributed by atoms with Crippen LogP contribution in [0.25, 0.3) is 22.3 Å². The largest absolute Gasteiger partial charge is 0.349 e. The van der Waals surface area contributed by atoms with Gasteiger partial charge in [0, 0.05) is 34.4 Å². The fourth-order valence-electron chi connectivity index (χ4n) is 3.55. The molecule has 1 aliphatic rings. The van der Waals surface area contributed by atoms with E-state index < -0.39 is 0 Å². The number of hydrogen-bond acceptors (Lipinski definition) is 5. The Balaban J connectivity index is 1.57. The fraction of sp³-hybridized carbons (Fsp3) is 0.167. The Morgan fingerprint density at radius 3 is 2.68 bits per heavy atom. The van der Waals surface area contributed by atoms with Crippen LogP contribution in [0.1, 0.15) is 29.6 Å². The second-order valence-electron chi connectivity index (χ2n) is 7.57. The molecule has 1 fully saturated rings. The molecule has 0 saturated heterocycles. The normalized spacial score (nSPS) is 13.6. The lowest BCUT2D eigenvalue weighted by atomic mass is 9.93. The molecule has 1 aliphatic carbocycles. The highest BCUT2D eigenvalue weighted by molar-refractivity contribution is 6.31. The van der Waals surface area contributed by atoms with E-state index in [-0.39, 0.29) is 11.9 Å². The Bertz CT molecular complexity index is 1260. The van der Waals surface area contributed by atoms with Gasteiger partial charge in [-0.1, -0.05) is 23.7 Å². The molecule has 0 radical (unpaired) electrons. The zero-order valence-corrected chi connectivity index (χ0v) is 17.4. The van der Waals surface area contributed by atoms with E-state index in [4.69, 9.17) is 16.6 Å². The molecule has 0 spiro atoms. The molecule has 1 saturated carbocycles. The maximum Gasteiger partial charge on any atom is 0.253 e. The number of benzene rings is 2. The van der Waals surface area contributed by atoms with Crippen LogP contribution in [0.15, 0.2) is 67.0 Å². The molecule has 0 bridgehead atoms. The molecule has 0 atom stereocenters. The van der Waals surface area contributed by atoms with Crippen molar-refractivity contribution in [2.75, 3.05) is 5.32 Å². The van der Waals surface area contributed by atoms with Crippen molar-refractivity contribution in [3.05, 3.63) is 77.6 Å². The van der Waals surface area contributed by atoms with Gasteiger partial charge in [-0.05, 0) is 61.7 Å². The Labute approximate surface area is 184 Å². The first-order valence-electron chi connectivity index (χ1n) is 10.2. The second kappa shape index (κ2) is 8.32. The second-order valence-corrected chi connectivity index (χ2v) is 8.01. The Kier molecular flexibility index (Phi) is 5.22. The molecule has 2 aromatic heterocycles. The van der Waals surface area contributed by atoms with Crippen LogP contribution in [0.4, 0.5) is 11.5 Å². The number of para-hydroxylation sites is 1. The van der Waals surface area contributed by atoms with Gasteiger partial charge >= 0.3 is 0 Å². The standard InChI is InChI=1S/C24H20ClN5O/c25-16-10-11-21-19(13-16)23(30-22(28-21)15-5-4-12-26-14-15)29-20-9-2-1-8-18(20)24(31)27-17-6-3-7-17/h1-2,4-5,8-14,17H,3,6-7H2,(H,27,31)(H,28,29,30). The minimum Gasteiger partial charge on any atom is -0.349 e. The van der Waals surface area contributed by atoms with Crippen LogP contribution >= 0.6 is 11.6 Å². The SMILES string of the molecule is O=C(NC1CCC1)c1ccccc1Nc1nc(-c2cccnc2)nc2ccc(Cl)cc12. The van der Waals surface area contributed by atoms with E-state index in [2.05, 4.69) is 20.6 Å². The number of hydrogen-bond donors (Lipinski definition) is 2. The summed E-state index contributed by atoms with van der Waals surface area (Å²) in [5.41, 5.74) is 2.80. The van der Waals surface area contributed by atoms with E-state index in [0.29, 0.717) is 27.9 Å². The van der Waals surface area contributed by atoms with Gasteiger partial charge < -0.3 is 10.6 Å². The average molecular weight is 430 g/mol. The Hall–Kier alpha value is -3.51. The number of carbonyl (C=O) groups excluding carboxylic acids is 1. The highest BCUT2D eigenvalue weighted by Crippen LogP contribution is 2.30. The number of fused-ring (bicyclic) bond motifs is 1. The van der Waals surface area contributed by atoms with Crippen molar-refractivity contribution in [1.29, 1.82) is 0 Å². The van der Waals surface area contributed by atoms with Crippen molar-refractivity contribution in [3.8, 4) is 11.4 Å². The van der Waals surface area contributed by atoms with Gasteiger partial charge in [0.15, 0.2) is 5.82 Å². The molecule has 0 aliphatic heterocycles. The van der Waals surface area contributed by atoms with Crippen LogP contribution in [-0.4, -0.2) is 26.9 Å². The topological polar surface area (TPSA) is 79.8 Å². The van der Waals surface area contributed by atoms with Gasteiger partial charge in [-0.2, -0.15) is 0 Å². The van der Waals surface area contributed by atoms with Crippen LogP contribution in [0.5, 0.6) is 0 Å². The summed E-state index contributed by atoms with van der Waals surface area (Å²) >= 11 is 6.25. The van der Waals surface area contributed by atoms with E-state index in [9.17, 15) is 4.79 Å². The third-order valence-corrected chi connectivity index (χ3v) is 5.68. The van der Waals surface area contributed by atoms with E-state index in [1.807, 2.05) is 48.5 Å². The van der Waals surface area contributed by atoms with Crippen LogP contribution in [-0.2, 0) is 0 Å². The number of rotatable bonds is 5. The summed E-state index contributed by atoms with van der Waals surface area (Å²) in [6.45, 7) is 0. The molecular formula is C24H20ClN5O. The van der Waals surface area contributed by atoms with Crippen molar-refractivity contribution in [2.24, 2.45) is 0 Å². The minimum absolute atomic E-state index is 0.0864. The minimum atomic E-state index is -0.0864.